The number of carbonyl (C=O) groups is 1. The summed E-state index contributed by atoms with van der Waals surface area (Å²) in [7, 11) is 0. The van der Waals surface area contributed by atoms with E-state index >= 15 is 0 Å². The van der Waals surface area contributed by atoms with Gasteiger partial charge in [-0.1, -0.05) is 122 Å². The second-order valence-corrected chi connectivity index (χ2v) is 14.1. The van der Waals surface area contributed by atoms with Crippen LogP contribution in [0.1, 0.15) is 168 Å². The number of aliphatic hydroxyl groups is 4. The number of hydrogen-bond acceptors (Lipinski definition) is 9. The van der Waals surface area contributed by atoms with E-state index in [0.717, 1.165) is 44.9 Å². The van der Waals surface area contributed by atoms with Crippen LogP contribution in [0.15, 0.2) is 24.3 Å². The van der Waals surface area contributed by atoms with Crippen LogP contribution >= 0.6 is 0 Å². The molecule has 1 rings (SSSR count). The van der Waals surface area contributed by atoms with Crippen LogP contribution in [-0.2, 0) is 23.7 Å². The van der Waals surface area contributed by atoms with Crippen molar-refractivity contribution in [2.45, 2.75) is 205 Å². The van der Waals surface area contributed by atoms with Crippen LogP contribution in [0.4, 0.5) is 0 Å². The average molecular weight is 713 g/mol. The number of unbranched alkanes of at least 4 members (excludes halogenated alkanes) is 19. The second-order valence-electron chi connectivity index (χ2n) is 14.1. The summed E-state index contributed by atoms with van der Waals surface area (Å²) in [5, 5.41) is 40.0. The fourth-order valence-electron chi connectivity index (χ4n) is 6.07. The third-order valence-corrected chi connectivity index (χ3v) is 9.34. The third kappa shape index (κ3) is 24.8. The summed E-state index contributed by atoms with van der Waals surface area (Å²) in [5.74, 6) is -0.326. The lowest BCUT2D eigenvalue weighted by atomic mass is 9.99. The van der Waals surface area contributed by atoms with Crippen LogP contribution in [0, 0.1) is 0 Å². The number of ether oxygens (including phenoxy) is 4. The first-order valence-electron chi connectivity index (χ1n) is 20.4. The lowest BCUT2D eigenvalue weighted by Crippen LogP contribution is -2.59. The highest BCUT2D eigenvalue weighted by atomic mass is 16.7. The zero-order valence-corrected chi connectivity index (χ0v) is 31.9. The number of rotatable bonds is 34. The maximum Gasteiger partial charge on any atom is 0.306 e. The molecule has 0 aromatic rings. The number of aliphatic hydroxyl groups excluding tert-OH is 4. The highest BCUT2D eigenvalue weighted by Crippen LogP contribution is 2.22. The monoisotopic (exact) mass is 713 g/mol. The van der Waals surface area contributed by atoms with Crippen LogP contribution in [0.3, 0.4) is 0 Å². The molecular weight excluding hydrogens is 636 g/mol. The summed E-state index contributed by atoms with van der Waals surface area (Å²) < 4.78 is 22.7. The van der Waals surface area contributed by atoms with Crippen molar-refractivity contribution in [2.24, 2.45) is 0 Å². The zero-order chi connectivity index (χ0) is 36.5. The first-order chi connectivity index (χ1) is 24.4. The summed E-state index contributed by atoms with van der Waals surface area (Å²) in [5.41, 5.74) is 0. The highest BCUT2D eigenvalue weighted by Gasteiger charge is 2.44. The van der Waals surface area contributed by atoms with Gasteiger partial charge in [0.2, 0.25) is 0 Å². The maximum absolute atomic E-state index is 12.7. The molecule has 6 atom stereocenters. The van der Waals surface area contributed by atoms with Crippen molar-refractivity contribution in [3.05, 3.63) is 24.3 Å². The van der Waals surface area contributed by atoms with Crippen LogP contribution in [0.2, 0.25) is 0 Å². The lowest BCUT2D eigenvalue weighted by Gasteiger charge is -2.39. The average Bonchev–Trinajstić information content (AvgIpc) is 3.11. The fourth-order valence-corrected chi connectivity index (χ4v) is 6.07. The molecule has 9 heteroatoms. The van der Waals surface area contributed by atoms with Crippen molar-refractivity contribution in [1.29, 1.82) is 0 Å². The molecule has 9 nitrogen and oxygen atoms in total. The molecule has 0 aliphatic carbocycles. The first-order valence-corrected chi connectivity index (χ1v) is 20.4. The second kappa shape index (κ2) is 33.5. The molecule has 0 spiro atoms. The molecule has 0 saturated carbocycles. The van der Waals surface area contributed by atoms with Gasteiger partial charge in [-0.15, -0.1) is 0 Å². The summed E-state index contributed by atoms with van der Waals surface area (Å²) >= 11 is 0. The van der Waals surface area contributed by atoms with Gasteiger partial charge < -0.3 is 39.4 Å². The molecule has 0 aromatic carbocycles. The van der Waals surface area contributed by atoms with E-state index in [1.165, 1.54) is 103 Å². The Kier molecular flexibility index (Phi) is 31.3. The molecule has 0 amide bonds. The van der Waals surface area contributed by atoms with Crippen molar-refractivity contribution in [3.8, 4) is 0 Å². The Labute approximate surface area is 305 Å². The summed E-state index contributed by atoms with van der Waals surface area (Å²) in [4.78, 5) is 12.7. The van der Waals surface area contributed by atoms with Crippen molar-refractivity contribution in [1.82, 2.24) is 0 Å². The van der Waals surface area contributed by atoms with E-state index in [0.29, 0.717) is 13.0 Å². The predicted octanol–water partition coefficient (Wildman–Crippen LogP) is 8.25. The van der Waals surface area contributed by atoms with Crippen LogP contribution in [0.25, 0.3) is 0 Å². The quantitative estimate of drug-likeness (QED) is 0.0296. The summed E-state index contributed by atoms with van der Waals surface area (Å²) in [6.07, 6.45) is 29.1. The van der Waals surface area contributed by atoms with Gasteiger partial charge in [0.15, 0.2) is 6.29 Å². The number of carbonyl (C=O) groups excluding carboxylic acids is 1. The Morgan fingerprint density at radius 3 is 1.66 bits per heavy atom. The Morgan fingerprint density at radius 2 is 1.10 bits per heavy atom. The van der Waals surface area contributed by atoms with E-state index in [4.69, 9.17) is 18.9 Å². The normalized spacial score (nSPS) is 21.8. The van der Waals surface area contributed by atoms with Gasteiger partial charge in [-0.05, 0) is 64.2 Å². The SMILES string of the molecule is CCCCC/C=C\CCCCCCCC(=O)OC(COCCCCCCCC/C=C\CCCCCCC)COC1OC(CO)C(O)C(O)C1O. The van der Waals surface area contributed by atoms with Gasteiger partial charge in [-0.25, -0.2) is 0 Å². The fraction of sp³-hybridized carbons (Fsp3) is 0.878. The maximum atomic E-state index is 12.7. The molecule has 1 heterocycles. The van der Waals surface area contributed by atoms with Gasteiger partial charge >= 0.3 is 5.97 Å². The molecule has 1 saturated heterocycles. The molecule has 6 unspecified atom stereocenters. The highest BCUT2D eigenvalue weighted by molar-refractivity contribution is 5.69. The topological polar surface area (TPSA) is 135 Å². The van der Waals surface area contributed by atoms with Crippen molar-refractivity contribution < 1.29 is 44.2 Å². The summed E-state index contributed by atoms with van der Waals surface area (Å²) in [6.45, 7) is 4.50. The number of esters is 1. The Bertz CT molecular complexity index is 818. The standard InChI is InChI=1S/C41H76O9/c1-3-5-7-9-11-13-15-17-18-19-21-23-25-27-29-31-47-33-35(34-48-41-40(46)39(45)38(44)36(32-42)50-41)49-37(43)30-28-26-24-22-20-16-14-12-10-8-6-4-2/h12,14-15,17,35-36,38-42,44-46H,3-11,13,16,18-34H2,1-2H3/b14-12-,17-15-. The lowest BCUT2D eigenvalue weighted by molar-refractivity contribution is -0.305. The Hall–Kier alpha value is -1.33. The minimum absolute atomic E-state index is 0.117. The van der Waals surface area contributed by atoms with E-state index in [1.54, 1.807) is 0 Å². The minimum Gasteiger partial charge on any atom is -0.457 e. The van der Waals surface area contributed by atoms with E-state index in [2.05, 4.69) is 38.2 Å². The Morgan fingerprint density at radius 1 is 0.620 bits per heavy atom. The van der Waals surface area contributed by atoms with Gasteiger partial charge in [0.05, 0.1) is 19.8 Å². The van der Waals surface area contributed by atoms with Crippen LogP contribution in [0.5, 0.6) is 0 Å². The van der Waals surface area contributed by atoms with Gasteiger partial charge in [0.25, 0.3) is 0 Å². The van der Waals surface area contributed by atoms with E-state index in [1.807, 2.05) is 0 Å². The summed E-state index contributed by atoms with van der Waals surface area (Å²) in [6, 6.07) is 0. The molecular formula is C41H76O9. The molecule has 294 valence electrons. The van der Waals surface area contributed by atoms with E-state index in [-0.39, 0.29) is 19.2 Å². The van der Waals surface area contributed by atoms with Gasteiger partial charge in [-0.2, -0.15) is 0 Å². The van der Waals surface area contributed by atoms with Crippen molar-refractivity contribution >= 4 is 5.97 Å². The largest absolute Gasteiger partial charge is 0.457 e. The smallest absolute Gasteiger partial charge is 0.306 e. The van der Waals surface area contributed by atoms with Gasteiger partial charge in [0.1, 0.15) is 30.5 Å². The molecule has 0 bridgehead atoms. The van der Waals surface area contributed by atoms with E-state index < -0.39 is 43.4 Å². The van der Waals surface area contributed by atoms with Crippen LogP contribution in [-0.4, -0.2) is 89.6 Å². The molecule has 0 radical (unpaired) electrons. The number of hydrogen-bond donors (Lipinski definition) is 4. The molecule has 4 N–H and O–H groups in total. The van der Waals surface area contributed by atoms with Crippen molar-refractivity contribution in [3.63, 3.8) is 0 Å². The predicted molar refractivity (Wildman–Crippen MR) is 201 cm³/mol. The van der Waals surface area contributed by atoms with Crippen molar-refractivity contribution in [2.75, 3.05) is 26.4 Å². The minimum atomic E-state index is -1.54. The van der Waals surface area contributed by atoms with Gasteiger partial charge in [-0.3, -0.25) is 4.79 Å². The Balaban J connectivity index is 2.31. The molecule has 50 heavy (non-hydrogen) atoms. The zero-order valence-electron chi connectivity index (χ0n) is 31.9. The van der Waals surface area contributed by atoms with Crippen LogP contribution < -0.4 is 0 Å². The van der Waals surface area contributed by atoms with Gasteiger partial charge in [0, 0.05) is 13.0 Å². The number of allylic oxidation sites excluding steroid dienone is 4. The molecule has 1 fully saturated rings. The molecule has 0 aromatic heterocycles. The molecule has 1 aliphatic rings. The third-order valence-electron chi connectivity index (χ3n) is 9.34. The van der Waals surface area contributed by atoms with E-state index in [9.17, 15) is 25.2 Å². The molecule has 1 aliphatic heterocycles. The first kappa shape index (κ1) is 46.7.